The number of hydrogen-bond donors (Lipinski definition) is 0. The highest BCUT2D eigenvalue weighted by molar-refractivity contribution is 6.14. The Morgan fingerprint density at radius 2 is 1.24 bits per heavy atom. The molecule has 1 heterocycles. The van der Waals surface area contributed by atoms with Crippen LogP contribution in [0, 0.1) is 11.8 Å². The van der Waals surface area contributed by atoms with Gasteiger partial charge in [-0.05, 0) is 47.6 Å². The fourth-order valence-electron chi connectivity index (χ4n) is 3.94. The van der Waals surface area contributed by atoms with Gasteiger partial charge in [-0.1, -0.05) is 64.1 Å². The average molecular weight is 333 g/mol. The van der Waals surface area contributed by atoms with Crippen LogP contribution in [0.1, 0.15) is 56.1 Å². The summed E-state index contributed by atoms with van der Waals surface area (Å²) in [5.41, 5.74) is 6.74. The van der Waals surface area contributed by atoms with Crippen molar-refractivity contribution in [1.29, 1.82) is 0 Å². The predicted octanol–water partition coefficient (Wildman–Crippen LogP) is 5.89. The highest BCUT2D eigenvalue weighted by Gasteiger charge is 2.29. The summed E-state index contributed by atoms with van der Waals surface area (Å²) >= 11 is 0. The third kappa shape index (κ3) is 2.90. The number of hydrogen-bond acceptors (Lipinski definition) is 1. The van der Waals surface area contributed by atoms with Gasteiger partial charge in [-0.2, -0.15) is 0 Å². The van der Waals surface area contributed by atoms with Crippen LogP contribution in [0.25, 0.3) is 11.1 Å². The molecule has 0 bridgehead atoms. The molecule has 0 saturated heterocycles. The Morgan fingerprint density at radius 3 is 1.80 bits per heavy atom. The molecule has 0 saturated carbocycles. The van der Waals surface area contributed by atoms with E-state index in [1.54, 1.807) is 0 Å². The first-order chi connectivity index (χ1) is 12.0. The van der Waals surface area contributed by atoms with Crippen molar-refractivity contribution in [3.63, 3.8) is 0 Å². The van der Waals surface area contributed by atoms with Crippen molar-refractivity contribution in [1.82, 2.24) is 0 Å². The zero-order valence-electron chi connectivity index (χ0n) is 15.8. The summed E-state index contributed by atoms with van der Waals surface area (Å²) in [6.45, 7) is 11.6. The average Bonchev–Trinajstić information content (AvgIpc) is 2.59. The second-order valence-electron chi connectivity index (χ2n) is 7.25. The van der Waals surface area contributed by atoms with E-state index in [9.17, 15) is 4.79 Å². The van der Waals surface area contributed by atoms with Gasteiger partial charge in [-0.3, -0.25) is 4.79 Å². The van der Waals surface area contributed by atoms with Crippen LogP contribution in [0.2, 0.25) is 0 Å². The topological polar surface area (TPSA) is 20.3 Å². The van der Waals surface area contributed by atoms with E-state index in [1.165, 1.54) is 16.7 Å². The van der Waals surface area contributed by atoms with Gasteiger partial charge >= 0.3 is 0 Å². The van der Waals surface area contributed by atoms with E-state index in [4.69, 9.17) is 0 Å². The molecule has 3 rings (SSSR count). The number of anilines is 1. The zero-order valence-corrected chi connectivity index (χ0v) is 15.8. The maximum absolute atomic E-state index is 13.3. The molecule has 2 aromatic rings. The molecule has 2 heteroatoms. The zero-order chi connectivity index (χ0) is 18.1. The summed E-state index contributed by atoms with van der Waals surface area (Å²) < 4.78 is 0. The lowest BCUT2D eigenvalue weighted by Crippen LogP contribution is -2.33. The number of carbonyl (C=O) groups is 1. The normalized spacial score (nSPS) is 17.4. The minimum absolute atomic E-state index is 0.0894. The summed E-state index contributed by atoms with van der Waals surface area (Å²) in [4.78, 5) is 15.2. The third-order valence-electron chi connectivity index (χ3n) is 4.94. The maximum Gasteiger partial charge on any atom is 0.258 e. The monoisotopic (exact) mass is 333 g/mol. The summed E-state index contributed by atoms with van der Waals surface area (Å²) in [5.74, 6) is 0.803. The van der Waals surface area contributed by atoms with Crippen molar-refractivity contribution in [2.75, 3.05) is 11.4 Å². The smallest absolute Gasteiger partial charge is 0.258 e. The Bertz CT molecular complexity index is 829. The van der Waals surface area contributed by atoms with Gasteiger partial charge in [-0.25, -0.2) is 0 Å². The van der Waals surface area contributed by atoms with Gasteiger partial charge in [0.25, 0.3) is 5.91 Å². The largest absolute Gasteiger partial charge is 0.308 e. The highest BCUT2D eigenvalue weighted by Crippen LogP contribution is 2.43. The van der Waals surface area contributed by atoms with Crippen molar-refractivity contribution in [3.8, 4) is 0 Å². The highest BCUT2D eigenvalue weighted by atomic mass is 16.2. The first-order valence-corrected chi connectivity index (χ1v) is 9.22. The lowest BCUT2D eigenvalue weighted by atomic mass is 9.79. The van der Waals surface area contributed by atoms with E-state index >= 15 is 0 Å². The SMILES string of the molecule is CCN1C(=O)c2ccccc2/C(C(C)C)=C(/C(C)C)c2ccccc21. The third-order valence-corrected chi connectivity index (χ3v) is 4.94. The first-order valence-electron chi connectivity index (χ1n) is 9.22. The van der Waals surface area contributed by atoms with Gasteiger partial charge in [0, 0.05) is 17.7 Å². The second-order valence-corrected chi connectivity index (χ2v) is 7.25. The van der Waals surface area contributed by atoms with Crippen LogP contribution < -0.4 is 4.90 Å². The summed E-state index contributed by atoms with van der Waals surface area (Å²) in [6.07, 6.45) is 0. The number of benzene rings is 2. The molecule has 0 N–H and O–H groups in total. The summed E-state index contributed by atoms with van der Waals surface area (Å²) in [7, 11) is 0. The Hall–Kier alpha value is -2.35. The molecule has 2 aromatic carbocycles. The number of nitrogens with zero attached hydrogens (tertiary/aromatic N) is 1. The van der Waals surface area contributed by atoms with Crippen LogP contribution in [0.5, 0.6) is 0 Å². The van der Waals surface area contributed by atoms with E-state index in [0.29, 0.717) is 18.4 Å². The maximum atomic E-state index is 13.3. The first kappa shape index (κ1) is 17.5. The molecular weight excluding hydrogens is 306 g/mol. The van der Waals surface area contributed by atoms with E-state index in [2.05, 4.69) is 52.0 Å². The summed E-state index contributed by atoms with van der Waals surface area (Å²) in [5, 5.41) is 0. The molecule has 1 amide bonds. The van der Waals surface area contributed by atoms with Crippen molar-refractivity contribution in [2.45, 2.75) is 34.6 Å². The predicted molar refractivity (Wildman–Crippen MR) is 107 cm³/mol. The van der Waals surface area contributed by atoms with Crippen molar-refractivity contribution >= 4 is 22.7 Å². The second kappa shape index (κ2) is 6.87. The van der Waals surface area contributed by atoms with Gasteiger partial charge in [0.2, 0.25) is 0 Å². The molecular formula is C23H27NO. The number of amides is 1. The van der Waals surface area contributed by atoms with Crippen molar-refractivity contribution in [2.24, 2.45) is 11.8 Å². The van der Waals surface area contributed by atoms with Crippen LogP contribution in [0.15, 0.2) is 48.5 Å². The van der Waals surface area contributed by atoms with Gasteiger partial charge in [0.05, 0.1) is 5.69 Å². The molecule has 130 valence electrons. The standard InChI is InChI=1S/C23H27NO/c1-6-24-20-14-10-9-13-19(20)22(16(4)5)21(15(2)3)17-11-7-8-12-18(17)23(24)25/h7-16H,6H2,1-5H3/b22-21-. The minimum Gasteiger partial charge on any atom is -0.308 e. The molecule has 0 atom stereocenters. The van der Waals surface area contributed by atoms with Crippen molar-refractivity contribution in [3.05, 3.63) is 65.2 Å². The summed E-state index contributed by atoms with van der Waals surface area (Å²) in [6, 6.07) is 16.4. The van der Waals surface area contributed by atoms with Gasteiger partial charge in [0.1, 0.15) is 0 Å². The van der Waals surface area contributed by atoms with Gasteiger partial charge in [0.15, 0.2) is 0 Å². The number of fused-ring (bicyclic) bond motifs is 2. The fourth-order valence-corrected chi connectivity index (χ4v) is 3.94. The fraction of sp³-hybridized carbons (Fsp3) is 0.348. The molecule has 25 heavy (non-hydrogen) atoms. The molecule has 2 nitrogen and oxygen atoms in total. The Balaban J connectivity index is 2.49. The molecule has 0 fully saturated rings. The van der Waals surface area contributed by atoms with E-state index < -0.39 is 0 Å². The Kier molecular flexibility index (Phi) is 4.80. The van der Waals surface area contributed by atoms with E-state index in [0.717, 1.165) is 16.8 Å². The molecule has 0 aliphatic carbocycles. The molecule has 0 aromatic heterocycles. The number of para-hydroxylation sites is 1. The Morgan fingerprint density at radius 1 is 0.760 bits per heavy atom. The molecule has 0 spiro atoms. The van der Waals surface area contributed by atoms with Crippen LogP contribution in [0.4, 0.5) is 5.69 Å². The lowest BCUT2D eigenvalue weighted by Gasteiger charge is -2.32. The number of carbonyl (C=O) groups excluding carboxylic acids is 1. The van der Waals surface area contributed by atoms with Crippen LogP contribution in [0.3, 0.4) is 0 Å². The number of rotatable bonds is 3. The van der Waals surface area contributed by atoms with Gasteiger partial charge < -0.3 is 4.90 Å². The van der Waals surface area contributed by atoms with Crippen LogP contribution in [-0.2, 0) is 0 Å². The molecule has 1 aliphatic rings. The number of allylic oxidation sites excluding steroid dienone is 2. The van der Waals surface area contributed by atoms with E-state index in [1.807, 2.05) is 36.1 Å². The minimum atomic E-state index is 0.0894. The Labute approximate surface area is 151 Å². The van der Waals surface area contributed by atoms with E-state index in [-0.39, 0.29) is 5.91 Å². The van der Waals surface area contributed by atoms with Gasteiger partial charge in [-0.15, -0.1) is 0 Å². The lowest BCUT2D eigenvalue weighted by molar-refractivity contribution is 0.0988. The van der Waals surface area contributed by atoms with Crippen LogP contribution >= 0.6 is 0 Å². The molecule has 0 radical (unpaired) electrons. The van der Waals surface area contributed by atoms with Crippen LogP contribution in [-0.4, -0.2) is 12.5 Å². The molecule has 0 unspecified atom stereocenters. The molecule has 1 aliphatic heterocycles. The quantitative estimate of drug-likeness (QED) is 0.686. The van der Waals surface area contributed by atoms with Crippen molar-refractivity contribution < 1.29 is 4.79 Å².